The quantitative estimate of drug-likeness (QED) is 0.333. The van der Waals surface area contributed by atoms with Crippen molar-refractivity contribution < 1.29 is 13.9 Å². The maximum atomic E-state index is 6.60. The van der Waals surface area contributed by atoms with E-state index in [4.69, 9.17) is 9.31 Å². The van der Waals surface area contributed by atoms with Crippen molar-refractivity contribution in [2.45, 2.75) is 71.7 Å². The van der Waals surface area contributed by atoms with Crippen molar-refractivity contribution >= 4 is 13.8 Å². The lowest BCUT2D eigenvalue weighted by Gasteiger charge is -2.64. The molecule has 0 amide bonds. The van der Waals surface area contributed by atoms with Gasteiger partial charge in [-0.1, -0.05) is 34.6 Å². The zero-order chi connectivity index (χ0) is 16.1. The molecule has 0 aromatic heterocycles. The number of fused-ring (bicyclic) bond motifs is 2. The normalized spacial score (nSPS) is 34.2. The molecule has 4 heteroatoms. The molecule has 120 valence electrons. The first-order valence-corrected chi connectivity index (χ1v) is 8.28. The molecule has 3 saturated carbocycles. The zero-order valence-corrected chi connectivity index (χ0v) is 15.0. The molecule has 0 aromatic carbocycles. The molecule has 3 aliphatic carbocycles. The number of nitrogens with zero attached hydrogens (tertiary/aromatic N) is 1. The van der Waals surface area contributed by atoms with Gasteiger partial charge in [0.1, 0.15) is 13.8 Å². The van der Waals surface area contributed by atoms with Crippen LogP contribution in [0.4, 0.5) is 0 Å². The van der Waals surface area contributed by atoms with E-state index in [0.717, 1.165) is 12.3 Å². The highest BCUT2D eigenvalue weighted by molar-refractivity contribution is 6.48. The Hall–Kier alpha value is -0.345. The van der Waals surface area contributed by atoms with E-state index in [-0.39, 0.29) is 18.0 Å². The van der Waals surface area contributed by atoms with Crippen LogP contribution < -0.4 is 0 Å². The van der Waals surface area contributed by atoms with Crippen molar-refractivity contribution in [2.75, 3.05) is 13.8 Å². The minimum absolute atomic E-state index is 0.0379. The summed E-state index contributed by atoms with van der Waals surface area (Å²) in [6.07, 6.45) is 3.75. The van der Waals surface area contributed by atoms with Crippen molar-refractivity contribution in [3.8, 4) is 0 Å². The first-order valence-electron chi connectivity index (χ1n) is 8.28. The summed E-state index contributed by atoms with van der Waals surface area (Å²) in [7, 11) is 1.72. The van der Waals surface area contributed by atoms with Crippen molar-refractivity contribution in [2.24, 2.45) is 17.3 Å². The van der Waals surface area contributed by atoms with Gasteiger partial charge in [-0.15, -0.1) is 0 Å². The predicted molar refractivity (Wildman–Crippen MR) is 88.8 cm³/mol. The monoisotopic (exact) mass is 294 g/mol. The first kappa shape index (κ1) is 17.0. The lowest BCUT2D eigenvalue weighted by atomic mass is 9.44. The molecule has 0 aromatic rings. The summed E-state index contributed by atoms with van der Waals surface area (Å²) in [5.74, 6) is 1.54. The molecule has 3 fully saturated rings. The summed E-state index contributed by atoms with van der Waals surface area (Å²) in [4.78, 5) is 0. The second kappa shape index (κ2) is 5.38. The molecular weight excluding hydrogens is 261 g/mol. The molecule has 3 nitrogen and oxygen atoms in total. The van der Waals surface area contributed by atoms with Crippen molar-refractivity contribution in [3.63, 3.8) is 0 Å². The van der Waals surface area contributed by atoms with Gasteiger partial charge in [0.15, 0.2) is 0 Å². The van der Waals surface area contributed by atoms with Crippen LogP contribution in [0.5, 0.6) is 0 Å². The van der Waals surface area contributed by atoms with Crippen LogP contribution in [0.2, 0.25) is 5.31 Å². The van der Waals surface area contributed by atoms with Gasteiger partial charge in [-0.25, -0.2) is 4.58 Å². The van der Waals surface area contributed by atoms with Crippen LogP contribution in [0, 0.1) is 17.3 Å². The molecule has 0 heterocycles. The Morgan fingerprint density at radius 3 is 2.33 bits per heavy atom. The summed E-state index contributed by atoms with van der Waals surface area (Å²) >= 11 is 0. The van der Waals surface area contributed by atoms with Crippen molar-refractivity contribution in [3.05, 3.63) is 0 Å². The average Bonchev–Trinajstić information content (AvgIpc) is 2.32. The van der Waals surface area contributed by atoms with Gasteiger partial charge in [-0.05, 0) is 48.8 Å². The number of hydrogen-bond acceptors (Lipinski definition) is 2. The molecule has 3 rings (SSSR count). The Balaban J connectivity index is 2.10. The summed E-state index contributed by atoms with van der Waals surface area (Å²) in [5, 5.41) is -0.0379. The van der Waals surface area contributed by atoms with Gasteiger partial charge in [-0.3, -0.25) is 0 Å². The number of rotatable bonds is 5. The Morgan fingerprint density at radius 2 is 1.90 bits per heavy atom. The van der Waals surface area contributed by atoms with Crippen molar-refractivity contribution in [1.29, 1.82) is 0 Å². The molecule has 0 aliphatic heterocycles. The third kappa shape index (κ3) is 3.21. The largest absolute Gasteiger partial charge is 0.467 e. The summed E-state index contributed by atoms with van der Waals surface area (Å²) in [5.41, 5.74) is 0.356. The fourth-order valence-electron chi connectivity index (χ4n) is 4.22. The smallest absolute Gasteiger partial charge is 0.405 e. The van der Waals surface area contributed by atoms with Crippen LogP contribution in [0.15, 0.2) is 0 Å². The van der Waals surface area contributed by atoms with Gasteiger partial charge in [0.2, 0.25) is 6.73 Å². The standard InChI is InChI=1S/C17H33BNO2/c1-15(2,3)18(20-12-19(7)8)21-17(6)10-9-13-11-14(17)16(13,4)5/h13-14H,7,9-12H2,1-6,8H3/q+1. The maximum absolute atomic E-state index is 6.60. The Morgan fingerprint density at radius 1 is 1.29 bits per heavy atom. The van der Waals surface area contributed by atoms with Crippen LogP contribution in [0.25, 0.3) is 0 Å². The highest BCUT2D eigenvalue weighted by atomic mass is 16.6. The molecule has 0 saturated heterocycles. The molecule has 0 N–H and O–H groups in total. The van der Waals surface area contributed by atoms with Crippen LogP contribution in [-0.4, -0.2) is 37.8 Å². The first-order chi connectivity index (χ1) is 9.47. The second-order valence-electron chi connectivity index (χ2n) is 9.13. The van der Waals surface area contributed by atoms with Crippen LogP contribution >= 0.6 is 0 Å². The van der Waals surface area contributed by atoms with E-state index < -0.39 is 0 Å². The zero-order valence-electron chi connectivity index (χ0n) is 15.0. The second-order valence-corrected chi connectivity index (χ2v) is 9.13. The van der Waals surface area contributed by atoms with Gasteiger partial charge in [0, 0.05) is 0 Å². The molecule has 0 spiro atoms. The highest BCUT2D eigenvalue weighted by Gasteiger charge is 2.61. The molecule has 2 bridgehead atoms. The minimum atomic E-state index is -0.195. The molecule has 3 aliphatic rings. The van der Waals surface area contributed by atoms with E-state index >= 15 is 0 Å². The molecule has 21 heavy (non-hydrogen) atoms. The van der Waals surface area contributed by atoms with E-state index in [1.807, 2.05) is 7.05 Å². The average molecular weight is 294 g/mol. The van der Waals surface area contributed by atoms with Gasteiger partial charge >= 0.3 is 7.12 Å². The lowest BCUT2D eigenvalue weighted by Crippen LogP contribution is -2.63. The Bertz CT molecular complexity index is 414. The summed E-state index contributed by atoms with van der Waals surface area (Å²) in [6.45, 7) is 18.0. The van der Waals surface area contributed by atoms with Gasteiger partial charge in [0.05, 0.1) is 5.60 Å². The third-order valence-electron chi connectivity index (χ3n) is 5.73. The SMILES string of the molecule is C=[N+](C)COB(OC1(C)CCC2CC1C2(C)C)C(C)(C)C. The van der Waals surface area contributed by atoms with E-state index in [1.54, 1.807) is 4.58 Å². The molecular formula is C17H33BNO2+. The lowest BCUT2D eigenvalue weighted by molar-refractivity contribution is -0.524. The number of hydrogen-bond donors (Lipinski definition) is 0. The topological polar surface area (TPSA) is 21.5 Å². The van der Waals surface area contributed by atoms with Crippen LogP contribution in [0.3, 0.4) is 0 Å². The Kier molecular flexibility index (Phi) is 4.36. The van der Waals surface area contributed by atoms with E-state index in [1.165, 1.54) is 12.8 Å². The minimum Gasteiger partial charge on any atom is -0.405 e. The van der Waals surface area contributed by atoms with E-state index in [0.29, 0.717) is 18.1 Å². The summed E-state index contributed by atoms with van der Waals surface area (Å²) < 4.78 is 14.4. The molecule has 3 atom stereocenters. The fraction of sp³-hybridized carbons (Fsp3) is 0.941. The van der Waals surface area contributed by atoms with Gasteiger partial charge < -0.3 is 9.31 Å². The van der Waals surface area contributed by atoms with Crippen LogP contribution in [0.1, 0.15) is 60.8 Å². The predicted octanol–water partition coefficient (Wildman–Crippen LogP) is 3.82. The van der Waals surface area contributed by atoms with E-state index in [2.05, 4.69) is 48.3 Å². The maximum Gasteiger partial charge on any atom is 0.467 e. The van der Waals surface area contributed by atoms with Crippen LogP contribution in [-0.2, 0) is 9.31 Å². The Labute approximate surface area is 131 Å². The molecule has 0 radical (unpaired) electrons. The van der Waals surface area contributed by atoms with Crippen molar-refractivity contribution in [1.82, 2.24) is 0 Å². The highest BCUT2D eigenvalue weighted by Crippen LogP contribution is 2.64. The third-order valence-corrected chi connectivity index (χ3v) is 5.73. The van der Waals surface area contributed by atoms with Gasteiger partial charge in [-0.2, -0.15) is 0 Å². The summed E-state index contributed by atoms with van der Waals surface area (Å²) in [6, 6.07) is 0. The van der Waals surface area contributed by atoms with E-state index in [9.17, 15) is 0 Å². The molecule has 3 unspecified atom stereocenters. The van der Waals surface area contributed by atoms with Gasteiger partial charge in [0.25, 0.3) is 0 Å². The fourth-order valence-corrected chi connectivity index (χ4v) is 4.22.